The number of benzene rings is 2. The molecule has 1 aliphatic heterocycles. The number of para-hydroxylation sites is 3. The van der Waals surface area contributed by atoms with Crippen LogP contribution in [0.4, 0.5) is 0 Å². The molecule has 1 aromatic heterocycles. The maximum absolute atomic E-state index is 5.91. The van der Waals surface area contributed by atoms with E-state index in [2.05, 4.69) is 22.0 Å². The van der Waals surface area contributed by atoms with Crippen LogP contribution in [0.3, 0.4) is 0 Å². The molecule has 0 atom stereocenters. The quantitative estimate of drug-likeness (QED) is 0.704. The Morgan fingerprint density at radius 2 is 1.88 bits per heavy atom. The first-order valence-electron chi connectivity index (χ1n) is 8.83. The van der Waals surface area contributed by atoms with Gasteiger partial charge in [0, 0.05) is 30.6 Å². The van der Waals surface area contributed by atoms with E-state index in [1.165, 1.54) is 0 Å². The molecule has 0 spiro atoms. The number of ether oxygens (including phenoxy) is 3. The van der Waals surface area contributed by atoms with Crippen molar-refractivity contribution in [1.29, 1.82) is 0 Å². The lowest BCUT2D eigenvalue weighted by atomic mass is 10.1. The predicted octanol–water partition coefficient (Wildman–Crippen LogP) is 3.52. The van der Waals surface area contributed by atoms with Gasteiger partial charge >= 0.3 is 0 Å². The average Bonchev–Trinajstić information content (AvgIpc) is 2.88. The lowest BCUT2D eigenvalue weighted by molar-refractivity contribution is 0.183. The molecule has 26 heavy (non-hydrogen) atoms. The molecule has 0 N–H and O–H groups in total. The standard InChI is InChI=1S/C21H22N2O3/c1-24-19-8-4-5-9-20(19)25-12-10-23-11-13-26-21-17(15-23)14-16-6-2-3-7-18(16)22-21/h2-9,14H,10-13,15H2,1H3. The monoisotopic (exact) mass is 350 g/mol. The van der Waals surface area contributed by atoms with Crippen LogP contribution in [-0.4, -0.2) is 43.3 Å². The van der Waals surface area contributed by atoms with Crippen LogP contribution in [0, 0.1) is 0 Å². The van der Waals surface area contributed by atoms with Gasteiger partial charge in [0.2, 0.25) is 5.88 Å². The second-order valence-corrected chi connectivity index (χ2v) is 6.27. The number of nitrogens with zero attached hydrogens (tertiary/aromatic N) is 2. The molecule has 5 nitrogen and oxygen atoms in total. The zero-order chi connectivity index (χ0) is 17.8. The van der Waals surface area contributed by atoms with E-state index in [9.17, 15) is 0 Å². The smallest absolute Gasteiger partial charge is 0.218 e. The topological polar surface area (TPSA) is 43.8 Å². The Morgan fingerprint density at radius 3 is 2.77 bits per heavy atom. The van der Waals surface area contributed by atoms with E-state index in [0.717, 1.165) is 53.5 Å². The average molecular weight is 350 g/mol. The fourth-order valence-corrected chi connectivity index (χ4v) is 3.19. The normalized spacial score (nSPS) is 14.3. The van der Waals surface area contributed by atoms with Gasteiger partial charge in [-0.2, -0.15) is 0 Å². The zero-order valence-corrected chi connectivity index (χ0v) is 14.9. The minimum absolute atomic E-state index is 0.594. The van der Waals surface area contributed by atoms with E-state index in [1.807, 2.05) is 42.5 Å². The van der Waals surface area contributed by atoms with Crippen LogP contribution in [0.25, 0.3) is 10.9 Å². The summed E-state index contributed by atoms with van der Waals surface area (Å²) in [4.78, 5) is 7.00. The Bertz CT molecular complexity index is 897. The molecule has 0 amide bonds. The minimum Gasteiger partial charge on any atom is -0.493 e. The van der Waals surface area contributed by atoms with Crippen LogP contribution in [-0.2, 0) is 6.54 Å². The van der Waals surface area contributed by atoms with Crippen molar-refractivity contribution in [1.82, 2.24) is 9.88 Å². The van der Waals surface area contributed by atoms with E-state index in [4.69, 9.17) is 14.2 Å². The van der Waals surface area contributed by atoms with Gasteiger partial charge in [-0.05, 0) is 24.3 Å². The van der Waals surface area contributed by atoms with Crippen molar-refractivity contribution in [3.8, 4) is 17.4 Å². The second kappa shape index (κ2) is 7.62. The number of aromatic nitrogens is 1. The molecule has 0 saturated heterocycles. The van der Waals surface area contributed by atoms with E-state index in [1.54, 1.807) is 7.11 Å². The number of rotatable bonds is 5. The van der Waals surface area contributed by atoms with E-state index in [-0.39, 0.29) is 0 Å². The fraction of sp³-hybridized carbons (Fsp3) is 0.286. The summed E-state index contributed by atoms with van der Waals surface area (Å²) < 4.78 is 17.1. The van der Waals surface area contributed by atoms with Crippen molar-refractivity contribution in [2.24, 2.45) is 0 Å². The van der Waals surface area contributed by atoms with Gasteiger partial charge in [-0.1, -0.05) is 30.3 Å². The third-order valence-electron chi connectivity index (χ3n) is 4.54. The van der Waals surface area contributed by atoms with Crippen molar-refractivity contribution in [2.45, 2.75) is 6.54 Å². The summed E-state index contributed by atoms with van der Waals surface area (Å²) in [6, 6.07) is 18.0. The van der Waals surface area contributed by atoms with Crippen molar-refractivity contribution < 1.29 is 14.2 Å². The molecule has 1 aliphatic rings. The molecule has 2 aromatic carbocycles. The fourth-order valence-electron chi connectivity index (χ4n) is 3.19. The zero-order valence-electron chi connectivity index (χ0n) is 14.9. The highest BCUT2D eigenvalue weighted by atomic mass is 16.5. The molecule has 3 aromatic rings. The summed E-state index contributed by atoms with van der Waals surface area (Å²) in [5.41, 5.74) is 2.10. The van der Waals surface area contributed by atoms with E-state index in [0.29, 0.717) is 13.2 Å². The maximum atomic E-state index is 5.91. The van der Waals surface area contributed by atoms with Crippen LogP contribution >= 0.6 is 0 Å². The first-order valence-corrected chi connectivity index (χ1v) is 8.83. The van der Waals surface area contributed by atoms with Crippen molar-refractivity contribution in [3.05, 3.63) is 60.2 Å². The summed E-state index contributed by atoms with van der Waals surface area (Å²) >= 11 is 0. The highest BCUT2D eigenvalue weighted by Crippen LogP contribution is 2.27. The van der Waals surface area contributed by atoms with E-state index >= 15 is 0 Å². The Morgan fingerprint density at radius 1 is 1.08 bits per heavy atom. The van der Waals surface area contributed by atoms with Gasteiger partial charge in [0.25, 0.3) is 0 Å². The second-order valence-electron chi connectivity index (χ2n) is 6.27. The largest absolute Gasteiger partial charge is 0.493 e. The molecular weight excluding hydrogens is 328 g/mol. The van der Waals surface area contributed by atoms with Gasteiger partial charge in [-0.15, -0.1) is 0 Å². The van der Waals surface area contributed by atoms with Gasteiger partial charge in [0.1, 0.15) is 13.2 Å². The molecule has 4 rings (SSSR count). The highest BCUT2D eigenvalue weighted by molar-refractivity contribution is 5.80. The molecule has 0 radical (unpaired) electrons. The number of hydrogen-bond donors (Lipinski definition) is 0. The number of fused-ring (bicyclic) bond motifs is 2. The van der Waals surface area contributed by atoms with Gasteiger partial charge in [-0.25, -0.2) is 4.98 Å². The Hall–Kier alpha value is -2.79. The van der Waals surface area contributed by atoms with E-state index < -0.39 is 0 Å². The Labute approximate surface area is 153 Å². The molecule has 0 saturated carbocycles. The first-order chi connectivity index (χ1) is 12.8. The summed E-state index contributed by atoms with van der Waals surface area (Å²) in [7, 11) is 1.66. The third-order valence-corrected chi connectivity index (χ3v) is 4.54. The number of hydrogen-bond acceptors (Lipinski definition) is 5. The highest BCUT2D eigenvalue weighted by Gasteiger charge is 2.17. The molecule has 5 heteroatoms. The molecular formula is C21H22N2O3. The first kappa shape index (κ1) is 16.7. The van der Waals surface area contributed by atoms with Crippen LogP contribution in [0.5, 0.6) is 17.4 Å². The van der Waals surface area contributed by atoms with Crippen molar-refractivity contribution >= 4 is 10.9 Å². The summed E-state index contributed by atoms with van der Waals surface area (Å²) in [5, 5.41) is 1.14. The number of pyridine rings is 1. The molecule has 134 valence electrons. The maximum Gasteiger partial charge on any atom is 0.218 e. The molecule has 2 heterocycles. The van der Waals surface area contributed by atoms with Gasteiger partial charge in [-0.3, -0.25) is 4.90 Å². The summed E-state index contributed by atoms with van der Waals surface area (Å²) in [6.07, 6.45) is 0. The Kier molecular flexibility index (Phi) is 4.88. The van der Waals surface area contributed by atoms with Crippen molar-refractivity contribution in [2.75, 3.05) is 33.4 Å². The number of methoxy groups -OCH3 is 1. The van der Waals surface area contributed by atoms with Crippen LogP contribution in [0.1, 0.15) is 5.56 Å². The van der Waals surface area contributed by atoms with Crippen molar-refractivity contribution in [3.63, 3.8) is 0 Å². The molecule has 0 unspecified atom stereocenters. The van der Waals surface area contributed by atoms with Gasteiger partial charge in [0.05, 0.1) is 12.6 Å². The van der Waals surface area contributed by atoms with Gasteiger partial charge in [0.15, 0.2) is 11.5 Å². The third kappa shape index (κ3) is 3.58. The molecule has 0 aliphatic carbocycles. The SMILES string of the molecule is COc1ccccc1OCCN1CCOc2nc3ccccc3cc2C1. The minimum atomic E-state index is 0.594. The molecule has 0 fully saturated rings. The predicted molar refractivity (Wildman–Crippen MR) is 101 cm³/mol. The summed E-state index contributed by atoms with van der Waals surface area (Å²) in [6.45, 7) is 3.70. The lowest BCUT2D eigenvalue weighted by Crippen LogP contribution is -2.30. The van der Waals surface area contributed by atoms with Crippen LogP contribution in [0.15, 0.2) is 54.6 Å². The molecule has 0 bridgehead atoms. The lowest BCUT2D eigenvalue weighted by Gasteiger charge is -2.19. The van der Waals surface area contributed by atoms with Gasteiger partial charge < -0.3 is 14.2 Å². The van der Waals surface area contributed by atoms with Crippen LogP contribution in [0.2, 0.25) is 0 Å². The Balaban J connectivity index is 1.43. The summed E-state index contributed by atoms with van der Waals surface area (Å²) in [5.74, 6) is 2.28. The van der Waals surface area contributed by atoms with Crippen LogP contribution < -0.4 is 14.2 Å².